The van der Waals surface area contributed by atoms with Crippen molar-refractivity contribution in [3.63, 3.8) is 0 Å². The van der Waals surface area contributed by atoms with E-state index in [-0.39, 0.29) is 0 Å². The van der Waals surface area contributed by atoms with Crippen molar-refractivity contribution in [1.29, 1.82) is 0 Å². The summed E-state index contributed by atoms with van der Waals surface area (Å²) in [4.78, 5) is 0. The molecule has 1 heterocycles. The van der Waals surface area contributed by atoms with Crippen LogP contribution in [0.2, 0.25) is 0 Å². The molecule has 2 aromatic rings. The lowest BCUT2D eigenvalue weighted by Gasteiger charge is -1.99. The van der Waals surface area contributed by atoms with E-state index in [0.717, 1.165) is 18.4 Å². The second-order valence-electron chi connectivity index (χ2n) is 3.99. The molecular formula is C13H17N3O. The summed E-state index contributed by atoms with van der Waals surface area (Å²) in [5.41, 5.74) is 7.72. The molecule has 17 heavy (non-hydrogen) atoms. The van der Waals surface area contributed by atoms with Gasteiger partial charge in [-0.3, -0.25) is 0 Å². The van der Waals surface area contributed by atoms with E-state index in [1.165, 1.54) is 5.56 Å². The van der Waals surface area contributed by atoms with Gasteiger partial charge in [0.15, 0.2) is 0 Å². The summed E-state index contributed by atoms with van der Waals surface area (Å²) in [7, 11) is 0. The first-order chi connectivity index (χ1) is 8.33. The third-order valence-corrected chi connectivity index (χ3v) is 2.56. The Morgan fingerprint density at radius 2 is 1.88 bits per heavy atom. The van der Waals surface area contributed by atoms with Crippen LogP contribution in [0.15, 0.2) is 28.7 Å². The minimum atomic E-state index is 0.525. The topological polar surface area (TPSA) is 64.9 Å². The van der Waals surface area contributed by atoms with Crippen LogP contribution in [0.4, 0.5) is 0 Å². The van der Waals surface area contributed by atoms with Crippen LogP contribution < -0.4 is 5.73 Å². The fourth-order valence-corrected chi connectivity index (χ4v) is 1.70. The predicted octanol–water partition coefficient (Wildman–Crippen LogP) is 2.19. The SMILES string of the molecule is CCCc1ccc(-c2nnc(CCN)o2)cc1. The lowest BCUT2D eigenvalue weighted by molar-refractivity contribution is 0.507. The van der Waals surface area contributed by atoms with Gasteiger partial charge in [0.2, 0.25) is 11.8 Å². The molecule has 90 valence electrons. The number of aromatic nitrogens is 2. The molecule has 0 aliphatic carbocycles. The first-order valence-corrected chi connectivity index (χ1v) is 5.95. The number of aryl methyl sites for hydroxylation is 1. The van der Waals surface area contributed by atoms with Crippen molar-refractivity contribution in [1.82, 2.24) is 10.2 Å². The molecule has 0 atom stereocenters. The van der Waals surface area contributed by atoms with Crippen molar-refractivity contribution >= 4 is 0 Å². The summed E-state index contributed by atoms with van der Waals surface area (Å²) in [5.74, 6) is 1.16. The molecular weight excluding hydrogens is 214 g/mol. The zero-order valence-electron chi connectivity index (χ0n) is 10.0. The highest BCUT2D eigenvalue weighted by Crippen LogP contribution is 2.18. The Kier molecular flexibility index (Phi) is 3.88. The van der Waals surface area contributed by atoms with Crippen LogP contribution in [0, 0.1) is 0 Å². The van der Waals surface area contributed by atoms with Gasteiger partial charge in [0.05, 0.1) is 0 Å². The smallest absolute Gasteiger partial charge is 0.247 e. The van der Waals surface area contributed by atoms with E-state index >= 15 is 0 Å². The summed E-state index contributed by atoms with van der Waals surface area (Å²) in [6, 6.07) is 8.24. The van der Waals surface area contributed by atoms with Crippen LogP contribution in [-0.4, -0.2) is 16.7 Å². The van der Waals surface area contributed by atoms with Crippen molar-refractivity contribution in [2.24, 2.45) is 5.73 Å². The molecule has 1 aromatic heterocycles. The zero-order chi connectivity index (χ0) is 12.1. The first-order valence-electron chi connectivity index (χ1n) is 5.95. The van der Waals surface area contributed by atoms with Crippen molar-refractivity contribution in [3.8, 4) is 11.5 Å². The van der Waals surface area contributed by atoms with Crippen molar-refractivity contribution in [3.05, 3.63) is 35.7 Å². The molecule has 0 spiro atoms. The normalized spacial score (nSPS) is 10.7. The Labute approximate surface area is 101 Å². The van der Waals surface area contributed by atoms with Gasteiger partial charge < -0.3 is 10.2 Å². The van der Waals surface area contributed by atoms with Gasteiger partial charge in [0.25, 0.3) is 0 Å². The number of benzene rings is 1. The second kappa shape index (κ2) is 5.59. The Balaban J connectivity index is 2.15. The molecule has 0 unspecified atom stereocenters. The van der Waals surface area contributed by atoms with Crippen molar-refractivity contribution in [2.45, 2.75) is 26.2 Å². The second-order valence-corrected chi connectivity index (χ2v) is 3.99. The minimum absolute atomic E-state index is 0.525. The van der Waals surface area contributed by atoms with E-state index < -0.39 is 0 Å². The van der Waals surface area contributed by atoms with Gasteiger partial charge in [-0.1, -0.05) is 25.5 Å². The van der Waals surface area contributed by atoms with E-state index in [4.69, 9.17) is 10.2 Å². The third-order valence-electron chi connectivity index (χ3n) is 2.56. The highest BCUT2D eigenvalue weighted by Gasteiger charge is 2.07. The monoisotopic (exact) mass is 231 g/mol. The highest BCUT2D eigenvalue weighted by molar-refractivity contribution is 5.52. The number of hydrogen-bond donors (Lipinski definition) is 1. The summed E-state index contributed by atoms with van der Waals surface area (Å²) >= 11 is 0. The van der Waals surface area contributed by atoms with Crippen LogP contribution in [0.1, 0.15) is 24.8 Å². The van der Waals surface area contributed by atoms with Crippen LogP contribution in [0.5, 0.6) is 0 Å². The zero-order valence-corrected chi connectivity index (χ0v) is 10.0. The summed E-state index contributed by atoms with van der Waals surface area (Å²) in [6.45, 7) is 2.70. The van der Waals surface area contributed by atoms with E-state index in [1.807, 2.05) is 12.1 Å². The molecule has 0 aliphatic heterocycles. The van der Waals surface area contributed by atoms with Gasteiger partial charge in [-0.2, -0.15) is 0 Å². The maximum absolute atomic E-state index is 5.51. The quantitative estimate of drug-likeness (QED) is 0.856. The van der Waals surface area contributed by atoms with E-state index in [1.54, 1.807) is 0 Å². The molecule has 0 fully saturated rings. The molecule has 0 saturated carbocycles. The van der Waals surface area contributed by atoms with E-state index in [0.29, 0.717) is 24.7 Å². The molecule has 2 rings (SSSR count). The molecule has 4 heteroatoms. The molecule has 4 nitrogen and oxygen atoms in total. The minimum Gasteiger partial charge on any atom is -0.421 e. The van der Waals surface area contributed by atoms with Crippen LogP contribution >= 0.6 is 0 Å². The Bertz CT molecular complexity index is 462. The van der Waals surface area contributed by atoms with Gasteiger partial charge in [-0.05, 0) is 24.1 Å². The van der Waals surface area contributed by atoms with Crippen LogP contribution in [-0.2, 0) is 12.8 Å². The van der Waals surface area contributed by atoms with Gasteiger partial charge in [-0.25, -0.2) is 0 Å². The number of rotatable bonds is 5. The average molecular weight is 231 g/mol. The standard InChI is InChI=1S/C13H17N3O/c1-2-3-10-4-6-11(7-5-10)13-16-15-12(17-13)8-9-14/h4-7H,2-3,8-9,14H2,1H3. The molecule has 0 aliphatic rings. The average Bonchev–Trinajstić information content (AvgIpc) is 2.80. The van der Waals surface area contributed by atoms with Gasteiger partial charge in [0.1, 0.15) is 0 Å². The van der Waals surface area contributed by atoms with Gasteiger partial charge in [0, 0.05) is 18.5 Å². The molecule has 0 radical (unpaired) electrons. The van der Waals surface area contributed by atoms with Crippen LogP contribution in [0.25, 0.3) is 11.5 Å². The fourth-order valence-electron chi connectivity index (χ4n) is 1.70. The van der Waals surface area contributed by atoms with Crippen molar-refractivity contribution in [2.75, 3.05) is 6.54 Å². The largest absolute Gasteiger partial charge is 0.421 e. The number of nitrogens with two attached hydrogens (primary N) is 1. The van der Waals surface area contributed by atoms with E-state index in [2.05, 4.69) is 29.3 Å². The Morgan fingerprint density at radius 1 is 1.12 bits per heavy atom. The fraction of sp³-hybridized carbons (Fsp3) is 0.385. The molecule has 1 aromatic carbocycles. The van der Waals surface area contributed by atoms with Crippen LogP contribution in [0.3, 0.4) is 0 Å². The molecule has 0 saturated heterocycles. The van der Waals surface area contributed by atoms with E-state index in [9.17, 15) is 0 Å². The molecule has 0 amide bonds. The summed E-state index contributed by atoms with van der Waals surface area (Å²) in [6.07, 6.45) is 2.88. The third kappa shape index (κ3) is 2.91. The lowest BCUT2D eigenvalue weighted by Crippen LogP contribution is -2.02. The molecule has 2 N–H and O–H groups in total. The Morgan fingerprint density at radius 3 is 2.53 bits per heavy atom. The van der Waals surface area contributed by atoms with Crippen molar-refractivity contribution < 1.29 is 4.42 Å². The van der Waals surface area contributed by atoms with Gasteiger partial charge >= 0.3 is 0 Å². The summed E-state index contributed by atoms with van der Waals surface area (Å²) in [5, 5.41) is 7.95. The highest BCUT2D eigenvalue weighted by atomic mass is 16.4. The molecule has 0 bridgehead atoms. The number of hydrogen-bond acceptors (Lipinski definition) is 4. The van der Waals surface area contributed by atoms with Gasteiger partial charge in [-0.15, -0.1) is 10.2 Å². The maximum Gasteiger partial charge on any atom is 0.247 e. The lowest BCUT2D eigenvalue weighted by atomic mass is 10.1. The first kappa shape index (κ1) is 11.8. The Hall–Kier alpha value is -1.68. The summed E-state index contributed by atoms with van der Waals surface area (Å²) < 4.78 is 5.51. The maximum atomic E-state index is 5.51. The number of nitrogens with zero attached hydrogens (tertiary/aromatic N) is 2. The predicted molar refractivity (Wildman–Crippen MR) is 66.5 cm³/mol.